The Morgan fingerprint density at radius 3 is 2.00 bits per heavy atom. The number of primary amides is 1. The van der Waals surface area contributed by atoms with E-state index in [-0.39, 0.29) is 16.7 Å². The lowest BCUT2D eigenvalue weighted by Gasteiger charge is -2.39. The molecule has 2 N–H and O–H groups in total. The van der Waals surface area contributed by atoms with Gasteiger partial charge in [-0.3, -0.25) is 4.79 Å². The first-order valence-electron chi connectivity index (χ1n) is 5.13. The third-order valence-corrected chi connectivity index (χ3v) is 3.59. The highest BCUT2D eigenvalue weighted by molar-refractivity contribution is 5.91. The van der Waals surface area contributed by atoms with Gasteiger partial charge in [0.2, 0.25) is 5.91 Å². The summed E-state index contributed by atoms with van der Waals surface area (Å²) in [7, 11) is 0. The Morgan fingerprint density at radius 1 is 1.29 bits per heavy atom. The van der Waals surface area contributed by atoms with Gasteiger partial charge in [-0.25, -0.2) is 0 Å². The normalized spacial score (nSPS) is 14.3. The lowest BCUT2D eigenvalue weighted by atomic mass is 9.66. The number of amides is 1. The van der Waals surface area contributed by atoms with Gasteiger partial charge in [-0.2, -0.15) is 0 Å². The van der Waals surface area contributed by atoms with Crippen molar-refractivity contribution in [1.29, 1.82) is 0 Å². The molecule has 0 saturated carbocycles. The molecule has 0 aliphatic carbocycles. The van der Waals surface area contributed by atoms with Crippen LogP contribution in [0.4, 0.5) is 0 Å². The van der Waals surface area contributed by atoms with Crippen LogP contribution in [-0.2, 0) is 4.79 Å². The maximum atomic E-state index is 10.9. The van der Waals surface area contributed by atoms with E-state index in [2.05, 4.69) is 34.6 Å². The maximum absolute atomic E-state index is 10.9. The lowest BCUT2D eigenvalue weighted by Crippen LogP contribution is -2.31. The third-order valence-electron chi connectivity index (χ3n) is 3.59. The summed E-state index contributed by atoms with van der Waals surface area (Å²) in [6.45, 7) is 12.6. The first kappa shape index (κ1) is 13.2. The fraction of sp³-hybridized carbons (Fsp3) is 0.750. The number of nitrogens with two attached hydrogens (primary N) is 1. The highest BCUT2D eigenvalue weighted by atomic mass is 16.1. The third kappa shape index (κ3) is 2.86. The fourth-order valence-electron chi connectivity index (χ4n) is 1.26. The summed E-state index contributed by atoms with van der Waals surface area (Å²) in [5.74, 6) is -0.329. The van der Waals surface area contributed by atoms with Gasteiger partial charge in [-0.1, -0.05) is 47.1 Å². The first-order chi connectivity index (χ1) is 6.14. The summed E-state index contributed by atoms with van der Waals surface area (Å²) in [4.78, 5) is 10.9. The average Bonchev–Trinajstić information content (AvgIpc) is 2.03. The number of carbonyl (C=O) groups excluding carboxylic acids is 1. The largest absolute Gasteiger partial charge is 0.366 e. The van der Waals surface area contributed by atoms with E-state index in [9.17, 15) is 4.79 Å². The van der Waals surface area contributed by atoms with Crippen molar-refractivity contribution in [2.75, 3.05) is 0 Å². The van der Waals surface area contributed by atoms with Gasteiger partial charge in [0.15, 0.2) is 0 Å². The second kappa shape index (κ2) is 4.16. The molecule has 0 aromatic carbocycles. The molecule has 0 aliphatic rings. The van der Waals surface area contributed by atoms with Gasteiger partial charge in [0.25, 0.3) is 0 Å². The second-order valence-electron chi connectivity index (χ2n) is 5.15. The Labute approximate surface area is 87.6 Å². The minimum absolute atomic E-state index is 0.0130. The molecule has 2 nitrogen and oxygen atoms in total. The molecule has 0 spiro atoms. The van der Waals surface area contributed by atoms with E-state index in [0.717, 1.165) is 6.42 Å². The monoisotopic (exact) mass is 197 g/mol. The van der Waals surface area contributed by atoms with Crippen LogP contribution in [0, 0.1) is 10.8 Å². The van der Waals surface area contributed by atoms with Gasteiger partial charge in [0, 0.05) is 5.57 Å². The summed E-state index contributed by atoms with van der Waals surface area (Å²) in [6.07, 6.45) is 3.06. The van der Waals surface area contributed by atoms with Crippen LogP contribution >= 0.6 is 0 Å². The fourth-order valence-corrected chi connectivity index (χ4v) is 1.26. The van der Waals surface area contributed by atoms with Crippen molar-refractivity contribution < 1.29 is 4.79 Å². The van der Waals surface area contributed by atoms with E-state index in [4.69, 9.17) is 5.73 Å². The molecule has 0 fully saturated rings. The highest BCUT2D eigenvalue weighted by Gasteiger charge is 2.33. The van der Waals surface area contributed by atoms with Gasteiger partial charge in [-0.15, -0.1) is 0 Å². The van der Waals surface area contributed by atoms with Crippen LogP contribution in [0.2, 0.25) is 0 Å². The van der Waals surface area contributed by atoms with Crippen molar-refractivity contribution in [2.24, 2.45) is 16.6 Å². The van der Waals surface area contributed by atoms with Crippen molar-refractivity contribution >= 4 is 5.91 Å². The Hall–Kier alpha value is -0.790. The molecule has 0 radical (unpaired) electrons. The molecule has 0 heterocycles. The van der Waals surface area contributed by atoms with E-state index >= 15 is 0 Å². The Bertz CT molecular complexity index is 249. The number of carbonyl (C=O) groups is 1. The topological polar surface area (TPSA) is 43.1 Å². The van der Waals surface area contributed by atoms with Crippen LogP contribution in [0.3, 0.4) is 0 Å². The molecule has 82 valence electrons. The molecule has 0 aromatic rings. The second-order valence-corrected chi connectivity index (χ2v) is 5.15. The smallest absolute Gasteiger partial charge is 0.244 e. The molecular formula is C12H23NO. The van der Waals surface area contributed by atoms with Crippen molar-refractivity contribution in [3.8, 4) is 0 Å². The van der Waals surface area contributed by atoms with Crippen LogP contribution < -0.4 is 5.73 Å². The van der Waals surface area contributed by atoms with E-state index < -0.39 is 0 Å². The Balaban J connectivity index is 4.98. The number of hydrogen-bond donors (Lipinski definition) is 1. The molecular weight excluding hydrogens is 174 g/mol. The van der Waals surface area contributed by atoms with Crippen molar-refractivity contribution in [3.05, 3.63) is 11.6 Å². The molecule has 2 heteroatoms. The Morgan fingerprint density at radius 2 is 1.71 bits per heavy atom. The number of hydrogen-bond acceptors (Lipinski definition) is 1. The molecule has 0 unspecified atom stereocenters. The van der Waals surface area contributed by atoms with Crippen molar-refractivity contribution in [3.63, 3.8) is 0 Å². The predicted octanol–water partition coefficient (Wildman–Crippen LogP) is 2.88. The van der Waals surface area contributed by atoms with E-state index in [1.807, 2.05) is 6.08 Å². The van der Waals surface area contributed by atoms with E-state index in [1.165, 1.54) is 0 Å². The zero-order valence-corrected chi connectivity index (χ0v) is 10.3. The zero-order chi connectivity index (χ0) is 11.6. The van der Waals surface area contributed by atoms with Gasteiger partial charge in [0.1, 0.15) is 0 Å². The summed E-state index contributed by atoms with van der Waals surface area (Å²) in [6, 6.07) is 0. The predicted molar refractivity (Wildman–Crippen MR) is 60.8 cm³/mol. The van der Waals surface area contributed by atoms with Gasteiger partial charge in [0.05, 0.1) is 0 Å². The quantitative estimate of drug-likeness (QED) is 0.692. The van der Waals surface area contributed by atoms with Gasteiger partial charge < -0.3 is 5.73 Å². The maximum Gasteiger partial charge on any atom is 0.244 e. The molecule has 0 aliphatic heterocycles. The van der Waals surface area contributed by atoms with Crippen LogP contribution in [0.25, 0.3) is 0 Å². The lowest BCUT2D eigenvalue weighted by molar-refractivity contribution is -0.114. The summed E-state index contributed by atoms with van der Waals surface area (Å²) in [5.41, 5.74) is 6.03. The van der Waals surface area contributed by atoms with Crippen LogP contribution in [0.1, 0.15) is 48.0 Å². The zero-order valence-electron chi connectivity index (χ0n) is 10.3. The average molecular weight is 197 g/mol. The standard InChI is InChI=1S/C12H23NO/c1-7-11(3,4)12(5,6)8-9(2)10(13)14/h8H,7H2,1-6H3,(H2,13,14). The van der Waals surface area contributed by atoms with E-state index in [0.29, 0.717) is 5.57 Å². The summed E-state index contributed by atoms with van der Waals surface area (Å²) >= 11 is 0. The molecule has 0 aromatic heterocycles. The van der Waals surface area contributed by atoms with Crippen molar-refractivity contribution in [2.45, 2.75) is 48.0 Å². The van der Waals surface area contributed by atoms with Crippen molar-refractivity contribution in [1.82, 2.24) is 0 Å². The molecule has 1 amide bonds. The van der Waals surface area contributed by atoms with E-state index in [1.54, 1.807) is 6.92 Å². The van der Waals surface area contributed by atoms with Gasteiger partial charge >= 0.3 is 0 Å². The molecule has 14 heavy (non-hydrogen) atoms. The van der Waals surface area contributed by atoms with Crippen LogP contribution in [0.5, 0.6) is 0 Å². The van der Waals surface area contributed by atoms with Crippen LogP contribution in [-0.4, -0.2) is 5.91 Å². The van der Waals surface area contributed by atoms with Crippen LogP contribution in [0.15, 0.2) is 11.6 Å². The molecule has 0 bridgehead atoms. The molecule has 0 atom stereocenters. The summed E-state index contributed by atoms with van der Waals surface area (Å²) < 4.78 is 0. The first-order valence-corrected chi connectivity index (χ1v) is 5.13. The minimum Gasteiger partial charge on any atom is -0.366 e. The number of allylic oxidation sites excluding steroid dienone is 1. The number of rotatable bonds is 4. The summed E-state index contributed by atoms with van der Waals surface area (Å²) in [5, 5.41) is 0. The minimum atomic E-state index is -0.329. The molecule has 0 saturated heterocycles. The Kier molecular flexibility index (Phi) is 3.92. The highest BCUT2D eigenvalue weighted by Crippen LogP contribution is 2.42. The SMILES string of the molecule is CCC(C)(C)C(C)(C)C=C(C)C(N)=O. The molecule has 0 rings (SSSR count). The van der Waals surface area contributed by atoms with Gasteiger partial charge in [-0.05, 0) is 17.8 Å².